The van der Waals surface area contributed by atoms with Gasteiger partial charge in [0, 0.05) is 11.4 Å². The SMILES string of the molecule is CCC(C)(O)Cc1ccc(Cl)cc1F. The summed E-state index contributed by atoms with van der Waals surface area (Å²) in [6.07, 6.45) is 0.904. The Kier molecular flexibility index (Phi) is 3.51. The van der Waals surface area contributed by atoms with Crippen LogP contribution in [0.2, 0.25) is 5.02 Å². The van der Waals surface area contributed by atoms with Gasteiger partial charge in [0.2, 0.25) is 0 Å². The highest BCUT2D eigenvalue weighted by molar-refractivity contribution is 6.30. The van der Waals surface area contributed by atoms with Crippen molar-refractivity contribution in [3.8, 4) is 0 Å². The average molecular weight is 217 g/mol. The Hall–Kier alpha value is -0.600. The number of aliphatic hydroxyl groups is 1. The lowest BCUT2D eigenvalue weighted by Crippen LogP contribution is -2.26. The maximum Gasteiger partial charge on any atom is 0.127 e. The third kappa shape index (κ3) is 2.96. The molecule has 0 aliphatic carbocycles. The number of benzene rings is 1. The third-order valence-electron chi connectivity index (χ3n) is 2.35. The molecule has 0 aliphatic rings. The zero-order chi connectivity index (χ0) is 10.8. The molecule has 1 atom stereocenters. The van der Waals surface area contributed by atoms with Crippen molar-refractivity contribution >= 4 is 11.6 Å². The summed E-state index contributed by atoms with van der Waals surface area (Å²) in [6.45, 7) is 3.56. The van der Waals surface area contributed by atoms with Crippen molar-refractivity contribution in [3.05, 3.63) is 34.6 Å². The first-order valence-corrected chi connectivity index (χ1v) is 4.99. The molecule has 1 N–H and O–H groups in total. The summed E-state index contributed by atoms with van der Waals surface area (Å²) < 4.78 is 13.3. The van der Waals surface area contributed by atoms with Crippen molar-refractivity contribution in [1.29, 1.82) is 0 Å². The van der Waals surface area contributed by atoms with Gasteiger partial charge in [-0.25, -0.2) is 4.39 Å². The largest absolute Gasteiger partial charge is 0.390 e. The Balaban J connectivity index is 2.87. The lowest BCUT2D eigenvalue weighted by atomic mass is 9.94. The Morgan fingerprint density at radius 2 is 2.14 bits per heavy atom. The van der Waals surface area contributed by atoms with Gasteiger partial charge in [0.25, 0.3) is 0 Å². The van der Waals surface area contributed by atoms with E-state index in [2.05, 4.69) is 0 Å². The summed E-state index contributed by atoms with van der Waals surface area (Å²) in [5.74, 6) is -0.355. The summed E-state index contributed by atoms with van der Waals surface area (Å²) in [4.78, 5) is 0. The molecule has 1 unspecified atom stereocenters. The molecule has 0 heterocycles. The molecule has 0 amide bonds. The Morgan fingerprint density at radius 3 is 2.64 bits per heavy atom. The monoisotopic (exact) mass is 216 g/mol. The number of hydrogen-bond donors (Lipinski definition) is 1. The fraction of sp³-hybridized carbons (Fsp3) is 0.455. The second-order valence-corrected chi connectivity index (χ2v) is 4.20. The summed E-state index contributed by atoms with van der Waals surface area (Å²) in [7, 11) is 0. The molecule has 3 heteroatoms. The molecule has 14 heavy (non-hydrogen) atoms. The van der Waals surface area contributed by atoms with Crippen LogP contribution in [-0.4, -0.2) is 10.7 Å². The maximum atomic E-state index is 13.3. The van der Waals surface area contributed by atoms with Crippen LogP contribution in [0.3, 0.4) is 0 Å². The molecule has 78 valence electrons. The van der Waals surface area contributed by atoms with Gasteiger partial charge in [0.1, 0.15) is 5.82 Å². The predicted molar refractivity (Wildman–Crippen MR) is 56.0 cm³/mol. The van der Waals surface area contributed by atoms with Crippen LogP contribution < -0.4 is 0 Å². The number of hydrogen-bond acceptors (Lipinski definition) is 1. The molecule has 0 aromatic heterocycles. The van der Waals surface area contributed by atoms with E-state index in [1.165, 1.54) is 6.07 Å². The van der Waals surface area contributed by atoms with E-state index in [1.54, 1.807) is 19.1 Å². The summed E-state index contributed by atoms with van der Waals surface area (Å²) in [5.41, 5.74) is -0.351. The number of halogens is 2. The summed E-state index contributed by atoms with van der Waals surface area (Å²) >= 11 is 5.62. The zero-order valence-electron chi connectivity index (χ0n) is 8.35. The van der Waals surface area contributed by atoms with E-state index in [-0.39, 0.29) is 5.82 Å². The topological polar surface area (TPSA) is 20.2 Å². The van der Waals surface area contributed by atoms with Crippen LogP contribution in [0.5, 0.6) is 0 Å². The molecule has 1 nitrogen and oxygen atoms in total. The first-order chi connectivity index (χ1) is 6.44. The van der Waals surface area contributed by atoms with Crippen molar-refractivity contribution in [2.75, 3.05) is 0 Å². The first-order valence-electron chi connectivity index (χ1n) is 4.61. The molecule has 0 saturated carbocycles. The fourth-order valence-corrected chi connectivity index (χ4v) is 1.36. The van der Waals surface area contributed by atoms with E-state index in [9.17, 15) is 9.50 Å². The highest BCUT2D eigenvalue weighted by Gasteiger charge is 2.19. The zero-order valence-corrected chi connectivity index (χ0v) is 9.11. The van der Waals surface area contributed by atoms with Crippen LogP contribution in [0.25, 0.3) is 0 Å². The van der Waals surface area contributed by atoms with Gasteiger partial charge < -0.3 is 5.11 Å². The molecular weight excluding hydrogens is 203 g/mol. The smallest absolute Gasteiger partial charge is 0.127 e. The predicted octanol–water partition coefficient (Wildman–Crippen LogP) is 3.18. The Labute approximate surface area is 88.5 Å². The van der Waals surface area contributed by atoms with Crippen LogP contribution in [-0.2, 0) is 6.42 Å². The number of rotatable bonds is 3. The van der Waals surface area contributed by atoms with E-state index in [1.807, 2.05) is 6.92 Å². The minimum absolute atomic E-state index is 0.312. The molecule has 0 bridgehead atoms. The van der Waals surface area contributed by atoms with Crippen molar-refractivity contribution in [2.45, 2.75) is 32.3 Å². The first kappa shape index (κ1) is 11.5. The fourth-order valence-electron chi connectivity index (χ4n) is 1.20. The van der Waals surface area contributed by atoms with Gasteiger partial charge in [-0.1, -0.05) is 24.6 Å². The van der Waals surface area contributed by atoms with E-state index in [0.717, 1.165) is 0 Å². The highest BCUT2D eigenvalue weighted by atomic mass is 35.5. The van der Waals surface area contributed by atoms with E-state index in [0.29, 0.717) is 23.4 Å². The van der Waals surface area contributed by atoms with E-state index < -0.39 is 5.60 Å². The van der Waals surface area contributed by atoms with Gasteiger partial charge in [-0.3, -0.25) is 0 Å². The molecule has 0 saturated heterocycles. The summed E-state index contributed by atoms with van der Waals surface area (Å²) in [6, 6.07) is 4.51. The quantitative estimate of drug-likeness (QED) is 0.823. The molecule has 1 rings (SSSR count). The molecule has 0 spiro atoms. The van der Waals surface area contributed by atoms with Crippen LogP contribution in [0, 0.1) is 5.82 Å². The van der Waals surface area contributed by atoms with Crippen LogP contribution in [0.1, 0.15) is 25.8 Å². The second kappa shape index (κ2) is 4.28. The lowest BCUT2D eigenvalue weighted by Gasteiger charge is -2.21. The van der Waals surface area contributed by atoms with Gasteiger partial charge >= 0.3 is 0 Å². The van der Waals surface area contributed by atoms with Crippen LogP contribution in [0.15, 0.2) is 18.2 Å². The van der Waals surface area contributed by atoms with Gasteiger partial charge in [-0.05, 0) is 31.0 Å². The minimum atomic E-state index is -0.853. The maximum absolute atomic E-state index is 13.3. The van der Waals surface area contributed by atoms with Crippen molar-refractivity contribution in [3.63, 3.8) is 0 Å². The van der Waals surface area contributed by atoms with Crippen LogP contribution >= 0.6 is 11.6 Å². The molecule has 0 fully saturated rings. The van der Waals surface area contributed by atoms with Gasteiger partial charge in [0.05, 0.1) is 5.60 Å². The van der Waals surface area contributed by atoms with Gasteiger partial charge in [0.15, 0.2) is 0 Å². The Bertz CT molecular complexity index is 323. The van der Waals surface area contributed by atoms with Crippen molar-refractivity contribution in [1.82, 2.24) is 0 Å². The van der Waals surface area contributed by atoms with Crippen LogP contribution in [0.4, 0.5) is 4.39 Å². The Morgan fingerprint density at radius 1 is 1.50 bits per heavy atom. The van der Waals surface area contributed by atoms with Gasteiger partial charge in [-0.2, -0.15) is 0 Å². The third-order valence-corrected chi connectivity index (χ3v) is 2.58. The normalized spacial score (nSPS) is 15.2. The summed E-state index contributed by atoms with van der Waals surface area (Å²) in [5, 5.41) is 10.1. The van der Waals surface area contributed by atoms with Crippen molar-refractivity contribution < 1.29 is 9.50 Å². The van der Waals surface area contributed by atoms with Gasteiger partial charge in [-0.15, -0.1) is 0 Å². The standard InChI is InChI=1S/C11H14ClFO/c1-3-11(2,14)7-8-4-5-9(12)6-10(8)13/h4-6,14H,3,7H2,1-2H3. The minimum Gasteiger partial charge on any atom is -0.390 e. The lowest BCUT2D eigenvalue weighted by molar-refractivity contribution is 0.0556. The molecule has 0 aliphatic heterocycles. The van der Waals surface area contributed by atoms with Crippen molar-refractivity contribution in [2.24, 2.45) is 0 Å². The van der Waals surface area contributed by atoms with E-state index >= 15 is 0 Å². The average Bonchev–Trinajstić information content (AvgIpc) is 2.10. The van der Waals surface area contributed by atoms with E-state index in [4.69, 9.17) is 11.6 Å². The molecule has 1 aromatic carbocycles. The molecule has 0 radical (unpaired) electrons. The molecular formula is C11H14ClFO. The molecule has 1 aromatic rings. The second-order valence-electron chi connectivity index (χ2n) is 3.76. The highest BCUT2D eigenvalue weighted by Crippen LogP contribution is 2.21.